The summed E-state index contributed by atoms with van der Waals surface area (Å²) in [4.78, 5) is 12.3. The number of benzene rings is 2. The first kappa shape index (κ1) is 16.9. The maximum absolute atomic E-state index is 12.3. The Balaban J connectivity index is 1.68. The predicted octanol–water partition coefficient (Wildman–Crippen LogP) is 3.69. The number of carbonyl (C=O) groups is 1. The van der Waals surface area contributed by atoms with Crippen LogP contribution in [0.4, 0.5) is 5.69 Å². The number of hydrogen-bond acceptors (Lipinski definition) is 4. The highest BCUT2D eigenvalue weighted by atomic mass is 79.9. The van der Waals surface area contributed by atoms with E-state index in [1.807, 2.05) is 36.4 Å². The standard InChI is InChI=1S/C18H14BrN5OS/c19-12-7-8-14-13(10-12)16(17(25)20-14)23-24-15(21-22-18(24)26)9-6-11-4-2-1-3-5-11/h1-5,7-8,10H,6,9H2,(H,22,26)(H,20,23,25). The first-order valence-corrected chi connectivity index (χ1v) is 9.22. The molecule has 130 valence electrons. The van der Waals surface area contributed by atoms with Crippen molar-refractivity contribution in [3.8, 4) is 0 Å². The number of aromatic amines is 1. The molecule has 26 heavy (non-hydrogen) atoms. The SMILES string of the molecule is O=C1Nc2ccc(Br)cc2/C1=N/n1c(CCc2ccccc2)n[nH]c1=S. The van der Waals surface area contributed by atoms with Crippen molar-refractivity contribution in [2.75, 3.05) is 5.32 Å². The average Bonchev–Trinajstić information content (AvgIpc) is 3.15. The van der Waals surface area contributed by atoms with Crippen LogP contribution in [0.2, 0.25) is 0 Å². The molecular formula is C18H14BrN5OS. The minimum atomic E-state index is -0.254. The lowest BCUT2D eigenvalue weighted by Gasteiger charge is -2.03. The van der Waals surface area contributed by atoms with Gasteiger partial charge in [-0.2, -0.15) is 14.9 Å². The lowest BCUT2D eigenvalue weighted by Crippen LogP contribution is -2.16. The lowest BCUT2D eigenvalue weighted by molar-refractivity contribution is -0.110. The summed E-state index contributed by atoms with van der Waals surface area (Å²) >= 11 is 8.73. The Morgan fingerprint density at radius 3 is 2.77 bits per heavy atom. The summed E-state index contributed by atoms with van der Waals surface area (Å²) in [5.41, 5.74) is 2.99. The zero-order valence-corrected chi connectivity index (χ0v) is 16.0. The molecule has 6 nitrogen and oxygen atoms in total. The van der Waals surface area contributed by atoms with E-state index in [-0.39, 0.29) is 5.91 Å². The summed E-state index contributed by atoms with van der Waals surface area (Å²) in [6.07, 6.45) is 1.46. The summed E-state index contributed by atoms with van der Waals surface area (Å²) in [6, 6.07) is 15.7. The van der Waals surface area contributed by atoms with Crippen LogP contribution in [0.5, 0.6) is 0 Å². The average molecular weight is 428 g/mol. The number of anilines is 1. The third kappa shape index (κ3) is 3.25. The number of amides is 1. The van der Waals surface area contributed by atoms with Gasteiger partial charge in [-0.05, 0) is 42.4 Å². The van der Waals surface area contributed by atoms with E-state index in [2.05, 4.69) is 48.7 Å². The largest absolute Gasteiger partial charge is 0.320 e. The summed E-state index contributed by atoms with van der Waals surface area (Å²) in [5, 5.41) is 14.3. The molecule has 3 aromatic rings. The summed E-state index contributed by atoms with van der Waals surface area (Å²) < 4.78 is 2.76. The van der Waals surface area contributed by atoms with Crippen molar-refractivity contribution in [2.45, 2.75) is 12.8 Å². The Morgan fingerprint density at radius 1 is 1.15 bits per heavy atom. The molecule has 0 fully saturated rings. The first-order valence-electron chi connectivity index (χ1n) is 8.02. The minimum absolute atomic E-state index is 0.254. The maximum atomic E-state index is 12.3. The van der Waals surface area contributed by atoms with E-state index in [0.717, 1.165) is 22.1 Å². The van der Waals surface area contributed by atoms with Crippen molar-refractivity contribution in [1.29, 1.82) is 0 Å². The zero-order chi connectivity index (χ0) is 18.1. The van der Waals surface area contributed by atoms with Gasteiger partial charge in [-0.3, -0.25) is 9.89 Å². The van der Waals surface area contributed by atoms with Gasteiger partial charge in [0.15, 0.2) is 11.5 Å². The van der Waals surface area contributed by atoms with Crippen LogP contribution in [-0.4, -0.2) is 26.5 Å². The normalized spacial score (nSPS) is 14.5. The van der Waals surface area contributed by atoms with Crippen LogP contribution in [-0.2, 0) is 17.6 Å². The second kappa shape index (κ2) is 6.97. The van der Waals surface area contributed by atoms with Crippen LogP contribution < -0.4 is 5.32 Å². The Bertz CT molecular complexity index is 1070. The number of carbonyl (C=O) groups excluding carboxylic acids is 1. The highest BCUT2D eigenvalue weighted by molar-refractivity contribution is 9.10. The molecule has 0 saturated heterocycles. The van der Waals surface area contributed by atoms with Crippen molar-refractivity contribution in [1.82, 2.24) is 14.9 Å². The lowest BCUT2D eigenvalue weighted by atomic mass is 10.1. The number of H-pyrrole nitrogens is 1. The van der Waals surface area contributed by atoms with Gasteiger partial charge in [0.2, 0.25) is 4.77 Å². The fourth-order valence-corrected chi connectivity index (χ4v) is 3.37. The molecule has 1 aromatic heterocycles. The fourth-order valence-electron chi connectivity index (χ4n) is 2.81. The number of fused-ring (bicyclic) bond motifs is 1. The molecule has 0 unspecified atom stereocenters. The third-order valence-corrected chi connectivity index (χ3v) is 4.86. The highest BCUT2D eigenvalue weighted by Crippen LogP contribution is 2.27. The molecule has 0 saturated carbocycles. The predicted molar refractivity (Wildman–Crippen MR) is 106 cm³/mol. The zero-order valence-electron chi connectivity index (χ0n) is 13.6. The van der Waals surface area contributed by atoms with Gasteiger partial charge in [0.05, 0.1) is 5.69 Å². The Kier molecular flexibility index (Phi) is 4.52. The Labute approximate surface area is 163 Å². The van der Waals surface area contributed by atoms with Crippen molar-refractivity contribution in [3.63, 3.8) is 0 Å². The first-order chi connectivity index (χ1) is 12.6. The smallest absolute Gasteiger partial charge is 0.276 e. The van der Waals surface area contributed by atoms with Gasteiger partial charge in [0.25, 0.3) is 5.91 Å². The quantitative estimate of drug-likeness (QED) is 0.623. The van der Waals surface area contributed by atoms with Crippen LogP contribution in [0.1, 0.15) is 17.0 Å². The number of nitrogens with zero attached hydrogens (tertiary/aromatic N) is 3. The number of nitrogens with one attached hydrogen (secondary N) is 2. The van der Waals surface area contributed by atoms with Crippen LogP contribution in [0, 0.1) is 4.77 Å². The number of aryl methyl sites for hydroxylation is 2. The van der Waals surface area contributed by atoms with E-state index in [1.165, 1.54) is 10.2 Å². The van der Waals surface area contributed by atoms with Crippen molar-refractivity contribution < 1.29 is 4.79 Å². The summed E-state index contributed by atoms with van der Waals surface area (Å²) in [6.45, 7) is 0. The van der Waals surface area contributed by atoms with Crippen LogP contribution in [0.3, 0.4) is 0 Å². The monoisotopic (exact) mass is 427 g/mol. The van der Waals surface area contributed by atoms with Gasteiger partial charge >= 0.3 is 0 Å². The molecule has 8 heteroatoms. The number of hydrogen-bond donors (Lipinski definition) is 2. The maximum Gasteiger partial charge on any atom is 0.276 e. The molecule has 0 bridgehead atoms. The van der Waals surface area contributed by atoms with Crippen molar-refractivity contribution >= 4 is 45.5 Å². The molecule has 0 spiro atoms. The molecule has 1 amide bonds. The fraction of sp³-hybridized carbons (Fsp3) is 0.111. The molecule has 0 radical (unpaired) electrons. The molecule has 0 aliphatic carbocycles. The van der Waals surface area contributed by atoms with Crippen LogP contribution in [0.25, 0.3) is 0 Å². The number of rotatable bonds is 4. The molecule has 1 aliphatic rings. The van der Waals surface area contributed by atoms with E-state index in [9.17, 15) is 4.79 Å². The Morgan fingerprint density at radius 2 is 1.96 bits per heavy atom. The summed E-state index contributed by atoms with van der Waals surface area (Å²) in [7, 11) is 0. The molecule has 2 N–H and O–H groups in total. The van der Waals surface area contributed by atoms with E-state index in [0.29, 0.717) is 22.7 Å². The Hall–Kier alpha value is -2.58. The molecule has 2 heterocycles. The number of aromatic nitrogens is 3. The molecule has 2 aromatic carbocycles. The van der Waals surface area contributed by atoms with Crippen LogP contribution >= 0.6 is 28.1 Å². The highest BCUT2D eigenvalue weighted by Gasteiger charge is 2.27. The van der Waals surface area contributed by atoms with Crippen molar-refractivity contribution in [3.05, 3.63) is 74.7 Å². The third-order valence-electron chi connectivity index (χ3n) is 4.10. The van der Waals surface area contributed by atoms with Gasteiger partial charge < -0.3 is 5.32 Å². The van der Waals surface area contributed by atoms with Gasteiger partial charge in [-0.25, -0.2) is 0 Å². The van der Waals surface area contributed by atoms with E-state index in [1.54, 1.807) is 0 Å². The summed E-state index contributed by atoms with van der Waals surface area (Å²) in [5.74, 6) is 0.429. The van der Waals surface area contributed by atoms with Gasteiger partial charge in [-0.1, -0.05) is 46.3 Å². The molecule has 4 rings (SSSR count). The van der Waals surface area contributed by atoms with Crippen LogP contribution in [0.15, 0.2) is 58.1 Å². The second-order valence-electron chi connectivity index (χ2n) is 5.84. The van der Waals surface area contributed by atoms with E-state index >= 15 is 0 Å². The second-order valence-corrected chi connectivity index (χ2v) is 7.14. The van der Waals surface area contributed by atoms with E-state index < -0.39 is 0 Å². The van der Waals surface area contributed by atoms with Gasteiger partial charge in [0, 0.05) is 16.5 Å². The topological polar surface area (TPSA) is 75.1 Å². The molecule has 0 atom stereocenters. The minimum Gasteiger partial charge on any atom is -0.320 e. The van der Waals surface area contributed by atoms with Gasteiger partial charge in [-0.15, -0.1) is 0 Å². The molecule has 1 aliphatic heterocycles. The number of halogens is 1. The molecular weight excluding hydrogens is 414 g/mol. The van der Waals surface area contributed by atoms with Crippen molar-refractivity contribution in [2.24, 2.45) is 5.10 Å². The van der Waals surface area contributed by atoms with Gasteiger partial charge in [0.1, 0.15) is 0 Å². The van der Waals surface area contributed by atoms with E-state index in [4.69, 9.17) is 12.2 Å².